The van der Waals surface area contributed by atoms with Crippen molar-refractivity contribution in [1.29, 1.82) is 0 Å². The van der Waals surface area contributed by atoms with Crippen molar-refractivity contribution < 1.29 is 10.2 Å². The van der Waals surface area contributed by atoms with Crippen LogP contribution in [0, 0.1) is 5.41 Å². The van der Waals surface area contributed by atoms with Gasteiger partial charge in [0.05, 0.1) is 12.2 Å². The first-order valence-electron chi connectivity index (χ1n) is 5.64. The first kappa shape index (κ1) is 10.4. The largest absolute Gasteiger partial charge is 0.392 e. The van der Waals surface area contributed by atoms with Gasteiger partial charge in [-0.05, 0) is 25.7 Å². The summed E-state index contributed by atoms with van der Waals surface area (Å²) >= 11 is 0. The van der Waals surface area contributed by atoms with Crippen LogP contribution in [0.15, 0.2) is 0 Å². The van der Waals surface area contributed by atoms with Crippen LogP contribution in [0.4, 0.5) is 0 Å². The summed E-state index contributed by atoms with van der Waals surface area (Å²) in [5, 5.41) is 22.7. The summed E-state index contributed by atoms with van der Waals surface area (Å²) in [6.07, 6.45) is 3.59. The van der Waals surface area contributed by atoms with Crippen LogP contribution in [-0.4, -0.2) is 34.5 Å². The smallest absolute Gasteiger partial charge is 0.0693 e. The molecule has 2 aliphatic carbocycles. The summed E-state index contributed by atoms with van der Waals surface area (Å²) in [6.45, 7) is 4.17. The van der Waals surface area contributed by atoms with Gasteiger partial charge < -0.3 is 15.5 Å². The highest BCUT2D eigenvalue weighted by Gasteiger charge is 2.48. The van der Waals surface area contributed by atoms with Gasteiger partial charge in [-0.2, -0.15) is 0 Å². The first-order valence-corrected chi connectivity index (χ1v) is 5.64. The zero-order valence-electron chi connectivity index (χ0n) is 9.03. The normalized spacial score (nSPS) is 46.3. The van der Waals surface area contributed by atoms with E-state index in [1.165, 1.54) is 0 Å². The number of hydrogen-bond acceptors (Lipinski definition) is 3. The molecule has 3 heteroatoms. The Balaban J connectivity index is 1.87. The maximum Gasteiger partial charge on any atom is 0.0693 e. The average Bonchev–Trinajstić information content (AvgIpc) is 2.51. The molecule has 2 rings (SSSR count). The molecule has 0 amide bonds. The standard InChI is InChI=1S/C11H21NO2/c1-11(2)9(6-10(11)14)12-7-4-3-5-8(7)13/h7-10,12-14H,3-6H2,1-2H3/t7-,8-,9?,10?/m0/s1. The van der Waals surface area contributed by atoms with Crippen LogP contribution in [0.25, 0.3) is 0 Å². The molecule has 0 heterocycles. The van der Waals surface area contributed by atoms with Gasteiger partial charge in [-0.1, -0.05) is 13.8 Å². The zero-order chi connectivity index (χ0) is 10.3. The van der Waals surface area contributed by atoms with Crippen LogP contribution in [-0.2, 0) is 0 Å². The minimum atomic E-state index is -0.182. The number of hydrogen-bond donors (Lipinski definition) is 3. The summed E-state index contributed by atoms with van der Waals surface area (Å²) in [6, 6.07) is 0.627. The van der Waals surface area contributed by atoms with Gasteiger partial charge in [-0.3, -0.25) is 0 Å². The monoisotopic (exact) mass is 199 g/mol. The lowest BCUT2D eigenvalue weighted by Crippen LogP contribution is -2.62. The fourth-order valence-corrected chi connectivity index (χ4v) is 2.58. The average molecular weight is 199 g/mol. The van der Waals surface area contributed by atoms with Gasteiger partial charge in [-0.15, -0.1) is 0 Å². The SMILES string of the molecule is CC1(C)C(O)CC1N[C@H]1CCC[C@@H]1O. The van der Waals surface area contributed by atoms with Crippen molar-refractivity contribution >= 4 is 0 Å². The number of nitrogens with one attached hydrogen (secondary N) is 1. The van der Waals surface area contributed by atoms with Gasteiger partial charge in [0.2, 0.25) is 0 Å². The quantitative estimate of drug-likeness (QED) is 0.612. The molecule has 0 bridgehead atoms. The Kier molecular flexibility index (Phi) is 2.58. The maximum absolute atomic E-state index is 9.67. The highest BCUT2D eigenvalue weighted by atomic mass is 16.3. The van der Waals surface area contributed by atoms with Crippen molar-refractivity contribution in [3.63, 3.8) is 0 Å². The number of rotatable bonds is 2. The Morgan fingerprint density at radius 3 is 2.36 bits per heavy atom. The first-order chi connectivity index (χ1) is 6.51. The lowest BCUT2D eigenvalue weighted by atomic mass is 9.64. The van der Waals surface area contributed by atoms with E-state index in [9.17, 15) is 10.2 Å². The molecule has 14 heavy (non-hydrogen) atoms. The molecule has 0 saturated heterocycles. The molecule has 0 aromatic carbocycles. The van der Waals surface area contributed by atoms with Crippen LogP contribution in [0.5, 0.6) is 0 Å². The van der Waals surface area contributed by atoms with E-state index in [0.29, 0.717) is 6.04 Å². The number of aliphatic hydroxyl groups excluding tert-OH is 2. The lowest BCUT2D eigenvalue weighted by molar-refractivity contribution is -0.0793. The maximum atomic E-state index is 9.67. The van der Waals surface area contributed by atoms with Gasteiger partial charge in [0.25, 0.3) is 0 Å². The summed E-state index contributed by atoms with van der Waals surface area (Å²) in [5.41, 5.74) is -0.0255. The molecule has 4 atom stereocenters. The molecule has 82 valence electrons. The Morgan fingerprint density at radius 2 is 1.93 bits per heavy atom. The molecular weight excluding hydrogens is 178 g/mol. The van der Waals surface area contributed by atoms with Gasteiger partial charge in [0.15, 0.2) is 0 Å². The Bertz CT molecular complexity index is 217. The van der Waals surface area contributed by atoms with Crippen molar-refractivity contribution in [1.82, 2.24) is 5.32 Å². The van der Waals surface area contributed by atoms with E-state index in [0.717, 1.165) is 25.7 Å². The van der Waals surface area contributed by atoms with Crippen molar-refractivity contribution in [2.75, 3.05) is 0 Å². The van der Waals surface area contributed by atoms with Gasteiger partial charge in [0.1, 0.15) is 0 Å². The Labute approximate surface area is 85.5 Å². The molecular formula is C11H21NO2. The molecule has 0 spiro atoms. The minimum Gasteiger partial charge on any atom is -0.392 e. The van der Waals surface area contributed by atoms with Crippen molar-refractivity contribution in [2.24, 2.45) is 5.41 Å². The zero-order valence-corrected chi connectivity index (χ0v) is 9.03. The second kappa shape index (κ2) is 3.47. The molecule has 2 aliphatic rings. The van der Waals surface area contributed by atoms with Crippen LogP contribution in [0.2, 0.25) is 0 Å². The minimum absolute atomic E-state index is 0.0255. The third kappa shape index (κ3) is 1.58. The summed E-state index contributed by atoms with van der Waals surface area (Å²) in [7, 11) is 0. The van der Waals surface area contributed by atoms with E-state index in [1.807, 2.05) is 0 Å². The summed E-state index contributed by atoms with van der Waals surface area (Å²) < 4.78 is 0. The van der Waals surface area contributed by atoms with E-state index in [4.69, 9.17) is 0 Å². The molecule has 0 radical (unpaired) electrons. The van der Waals surface area contributed by atoms with Crippen LogP contribution in [0.3, 0.4) is 0 Å². The molecule has 0 aromatic heterocycles. The van der Waals surface area contributed by atoms with E-state index >= 15 is 0 Å². The fraction of sp³-hybridized carbons (Fsp3) is 1.00. The van der Waals surface area contributed by atoms with Crippen LogP contribution >= 0.6 is 0 Å². The molecule has 2 saturated carbocycles. The highest BCUT2D eigenvalue weighted by Crippen LogP contribution is 2.41. The Morgan fingerprint density at radius 1 is 1.21 bits per heavy atom. The summed E-state index contributed by atoms with van der Waals surface area (Å²) in [5.74, 6) is 0. The van der Waals surface area contributed by atoms with Gasteiger partial charge >= 0.3 is 0 Å². The van der Waals surface area contributed by atoms with Crippen LogP contribution in [0.1, 0.15) is 39.5 Å². The second-order valence-corrected chi connectivity index (χ2v) is 5.40. The third-order valence-electron chi connectivity index (χ3n) is 4.11. The predicted octanol–water partition coefficient (Wildman–Crippen LogP) is 0.649. The van der Waals surface area contributed by atoms with Crippen LogP contribution < -0.4 is 5.32 Å². The van der Waals surface area contributed by atoms with Crippen molar-refractivity contribution in [3.05, 3.63) is 0 Å². The van der Waals surface area contributed by atoms with Crippen molar-refractivity contribution in [2.45, 2.75) is 63.8 Å². The van der Waals surface area contributed by atoms with E-state index in [-0.39, 0.29) is 23.7 Å². The van der Waals surface area contributed by atoms with E-state index in [2.05, 4.69) is 19.2 Å². The summed E-state index contributed by atoms with van der Waals surface area (Å²) in [4.78, 5) is 0. The van der Waals surface area contributed by atoms with Gasteiger partial charge in [0, 0.05) is 17.5 Å². The predicted molar refractivity (Wildman–Crippen MR) is 55.0 cm³/mol. The molecule has 3 N–H and O–H groups in total. The second-order valence-electron chi connectivity index (χ2n) is 5.40. The van der Waals surface area contributed by atoms with E-state index in [1.54, 1.807) is 0 Å². The van der Waals surface area contributed by atoms with E-state index < -0.39 is 0 Å². The molecule has 2 unspecified atom stereocenters. The van der Waals surface area contributed by atoms with Crippen molar-refractivity contribution in [3.8, 4) is 0 Å². The third-order valence-corrected chi connectivity index (χ3v) is 4.11. The topological polar surface area (TPSA) is 52.5 Å². The molecule has 2 fully saturated rings. The molecule has 0 aliphatic heterocycles. The number of aliphatic hydroxyl groups is 2. The lowest BCUT2D eigenvalue weighted by Gasteiger charge is -2.51. The highest BCUT2D eigenvalue weighted by molar-refractivity contribution is 5.03. The van der Waals surface area contributed by atoms with Gasteiger partial charge in [-0.25, -0.2) is 0 Å². The Hall–Kier alpha value is -0.120. The molecule has 0 aromatic rings. The molecule has 3 nitrogen and oxygen atoms in total. The fourth-order valence-electron chi connectivity index (χ4n) is 2.58.